The number of hydrogen-bond donors (Lipinski definition) is 1. The van der Waals surface area contributed by atoms with E-state index >= 15 is 0 Å². The Labute approximate surface area is 55.1 Å². The van der Waals surface area contributed by atoms with Gasteiger partial charge in [-0.3, -0.25) is 0 Å². The molecule has 2 N–H and O–H groups in total. The molecule has 0 radical (unpaired) electrons. The first-order chi connectivity index (χ1) is 4.27. The Morgan fingerprint density at radius 3 is 2.67 bits per heavy atom. The molecule has 0 amide bonds. The van der Waals surface area contributed by atoms with E-state index in [-0.39, 0.29) is 5.60 Å². The first-order valence-electron chi connectivity index (χ1n) is 3.19. The zero-order valence-electron chi connectivity index (χ0n) is 5.72. The number of ether oxygens (including phenoxy) is 2. The van der Waals surface area contributed by atoms with Crippen LogP contribution in [-0.4, -0.2) is 32.0 Å². The molecule has 9 heavy (non-hydrogen) atoms. The average molecular weight is 131 g/mol. The second-order valence-electron chi connectivity index (χ2n) is 2.58. The molecule has 1 fully saturated rings. The molecule has 54 valence electrons. The van der Waals surface area contributed by atoms with Crippen molar-refractivity contribution in [3.8, 4) is 0 Å². The summed E-state index contributed by atoms with van der Waals surface area (Å²) in [6, 6.07) is 0. The Balaban J connectivity index is 2.09. The summed E-state index contributed by atoms with van der Waals surface area (Å²) in [4.78, 5) is 0. The number of hydrogen-bond acceptors (Lipinski definition) is 3. The van der Waals surface area contributed by atoms with Gasteiger partial charge in [0.1, 0.15) is 5.60 Å². The van der Waals surface area contributed by atoms with E-state index in [1.54, 1.807) is 0 Å². The lowest BCUT2D eigenvalue weighted by Gasteiger charge is -2.37. The summed E-state index contributed by atoms with van der Waals surface area (Å²) >= 11 is 0. The number of rotatable bonds is 3. The smallest absolute Gasteiger partial charge is 0.112 e. The standard InChI is InChI=1S/C6H13NO2/c1-6(4-8-5-6)9-3-2-7/h2-5,7H2,1H3. The summed E-state index contributed by atoms with van der Waals surface area (Å²) in [5.74, 6) is 0. The fraction of sp³-hybridized carbons (Fsp3) is 1.00. The van der Waals surface area contributed by atoms with E-state index in [0.717, 1.165) is 0 Å². The van der Waals surface area contributed by atoms with Crippen molar-refractivity contribution in [1.82, 2.24) is 0 Å². The van der Waals surface area contributed by atoms with Gasteiger partial charge in [-0.15, -0.1) is 0 Å². The van der Waals surface area contributed by atoms with Crippen LogP contribution in [0.15, 0.2) is 0 Å². The van der Waals surface area contributed by atoms with Crippen molar-refractivity contribution in [3.05, 3.63) is 0 Å². The van der Waals surface area contributed by atoms with E-state index < -0.39 is 0 Å². The lowest BCUT2D eigenvalue weighted by molar-refractivity contribution is -0.197. The van der Waals surface area contributed by atoms with Crippen LogP contribution in [0, 0.1) is 0 Å². The molecule has 0 atom stereocenters. The van der Waals surface area contributed by atoms with E-state index in [0.29, 0.717) is 26.4 Å². The molecule has 0 aliphatic carbocycles. The summed E-state index contributed by atoms with van der Waals surface area (Å²) in [7, 11) is 0. The molecule has 0 aromatic heterocycles. The van der Waals surface area contributed by atoms with E-state index in [9.17, 15) is 0 Å². The molecule has 1 heterocycles. The largest absolute Gasteiger partial charge is 0.375 e. The highest BCUT2D eigenvalue weighted by Gasteiger charge is 2.33. The molecule has 3 nitrogen and oxygen atoms in total. The fourth-order valence-corrected chi connectivity index (χ4v) is 0.778. The Kier molecular flexibility index (Phi) is 2.05. The zero-order chi connectivity index (χ0) is 6.74. The Morgan fingerprint density at radius 2 is 2.33 bits per heavy atom. The topological polar surface area (TPSA) is 44.5 Å². The molecular weight excluding hydrogens is 118 g/mol. The third-order valence-electron chi connectivity index (χ3n) is 1.38. The maximum atomic E-state index is 5.36. The Hall–Kier alpha value is -0.120. The van der Waals surface area contributed by atoms with Crippen LogP contribution in [0.1, 0.15) is 6.92 Å². The molecule has 1 aliphatic rings. The summed E-state index contributed by atoms with van der Waals surface area (Å²) in [5, 5.41) is 0. The van der Waals surface area contributed by atoms with Gasteiger partial charge in [-0.1, -0.05) is 0 Å². The van der Waals surface area contributed by atoms with E-state index in [4.69, 9.17) is 15.2 Å². The minimum Gasteiger partial charge on any atom is -0.375 e. The zero-order valence-corrected chi connectivity index (χ0v) is 5.72. The van der Waals surface area contributed by atoms with Crippen LogP contribution in [0.2, 0.25) is 0 Å². The minimum atomic E-state index is -0.0284. The molecule has 0 spiro atoms. The monoisotopic (exact) mass is 131 g/mol. The normalized spacial score (nSPS) is 23.3. The van der Waals surface area contributed by atoms with Crippen LogP contribution in [0.4, 0.5) is 0 Å². The molecule has 1 aliphatic heterocycles. The highest BCUT2D eigenvalue weighted by Crippen LogP contribution is 2.19. The van der Waals surface area contributed by atoms with Crippen molar-refractivity contribution in [2.24, 2.45) is 5.73 Å². The summed E-state index contributed by atoms with van der Waals surface area (Å²) in [5.41, 5.74) is 5.22. The van der Waals surface area contributed by atoms with Crippen molar-refractivity contribution >= 4 is 0 Å². The van der Waals surface area contributed by atoms with Gasteiger partial charge in [-0.25, -0.2) is 0 Å². The van der Waals surface area contributed by atoms with Crippen molar-refractivity contribution in [1.29, 1.82) is 0 Å². The summed E-state index contributed by atoms with van der Waals surface area (Å²) in [6.45, 7) is 4.70. The highest BCUT2D eigenvalue weighted by atomic mass is 16.6. The van der Waals surface area contributed by atoms with Gasteiger partial charge < -0.3 is 15.2 Å². The molecule has 1 rings (SSSR count). The third kappa shape index (κ3) is 1.64. The van der Waals surface area contributed by atoms with Crippen LogP contribution in [0.3, 0.4) is 0 Å². The molecular formula is C6H13NO2. The maximum Gasteiger partial charge on any atom is 0.112 e. The van der Waals surface area contributed by atoms with Gasteiger partial charge >= 0.3 is 0 Å². The van der Waals surface area contributed by atoms with Crippen molar-refractivity contribution < 1.29 is 9.47 Å². The first kappa shape index (κ1) is 6.99. The maximum absolute atomic E-state index is 5.36. The first-order valence-corrected chi connectivity index (χ1v) is 3.19. The van der Waals surface area contributed by atoms with E-state index in [2.05, 4.69) is 0 Å². The lowest BCUT2D eigenvalue weighted by atomic mass is 10.1. The van der Waals surface area contributed by atoms with Crippen LogP contribution in [0.25, 0.3) is 0 Å². The van der Waals surface area contributed by atoms with Gasteiger partial charge in [0.15, 0.2) is 0 Å². The fourth-order valence-electron chi connectivity index (χ4n) is 0.778. The van der Waals surface area contributed by atoms with Crippen LogP contribution < -0.4 is 5.73 Å². The molecule has 0 saturated carbocycles. The van der Waals surface area contributed by atoms with Crippen molar-refractivity contribution in [2.75, 3.05) is 26.4 Å². The van der Waals surface area contributed by atoms with Gasteiger partial charge in [0.05, 0.1) is 19.8 Å². The summed E-state index contributed by atoms with van der Waals surface area (Å²) in [6.07, 6.45) is 0. The second kappa shape index (κ2) is 2.64. The van der Waals surface area contributed by atoms with Gasteiger partial charge in [0, 0.05) is 6.54 Å². The highest BCUT2D eigenvalue weighted by molar-refractivity contribution is 4.81. The molecule has 1 saturated heterocycles. The molecule has 3 heteroatoms. The van der Waals surface area contributed by atoms with Crippen LogP contribution in [-0.2, 0) is 9.47 Å². The van der Waals surface area contributed by atoms with Crippen LogP contribution >= 0.6 is 0 Å². The Bertz CT molecular complexity index is 91.1. The van der Waals surface area contributed by atoms with E-state index in [1.807, 2.05) is 6.92 Å². The predicted octanol–water partition coefficient (Wildman–Crippen LogP) is -0.249. The van der Waals surface area contributed by atoms with Gasteiger partial charge in [0.2, 0.25) is 0 Å². The lowest BCUT2D eigenvalue weighted by Crippen LogP contribution is -2.49. The van der Waals surface area contributed by atoms with Gasteiger partial charge in [-0.05, 0) is 6.92 Å². The Morgan fingerprint density at radius 1 is 1.67 bits per heavy atom. The average Bonchev–Trinajstić information content (AvgIpc) is 1.79. The van der Waals surface area contributed by atoms with Gasteiger partial charge in [0.25, 0.3) is 0 Å². The summed E-state index contributed by atoms with van der Waals surface area (Å²) < 4.78 is 10.3. The molecule has 0 unspecified atom stereocenters. The predicted molar refractivity (Wildman–Crippen MR) is 34.2 cm³/mol. The van der Waals surface area contributed by atoms with E-state index in [1.165, 1.54) is 0 Å². The quantitative estimate of drug-likeness (QED) is 0.574. The van der Waals surface area contributed by atoms with Crippen molar-refractivity contribution in [2.45, 2.75) is 12.5 Å². The second-order valence-corrected chi connectivity index (χ2v) is 2.58. The molecule has 0 aromatic carbocycles. The van der Waals surface area contributed by atoms with Gasteiger partial charge in [-0.2, -0.15) is 0 Å². The minimum absolute atomic E-state index is 0.0284. The SMILES string of the molecule is CC1(OCCN)COC1. The van der Waals surface area contributed by atoms with Crippen molar-refractivity contribution in [3.63, 3.8) is 0 Å². The third-order valence-corrected chi connectivity index (χ3v) is 1.38. The molecule has 0 bridgehead atoms. The molecule has 0 aromatic rings. The van der Waals surface area contributed by atoms with Crippen LogP contribution in [0.5, 0.6) is 0 Å². The number of nitrogens with two attached hydrogens (primary N) is 1.